The molecular formula is C19H23ClFN3. The second kappa shape index (κ2) is 7.84. The van der Waals surface area contributed by atoms with Crippen molar-refractivity contribution < 1.29 is 4.39 Å². The number of halogens is 2. The third kappa shape index (κ3) is 4.18. The number of anilines is 2. The SMILES string of the molecule is Cc1cccc(F)c1NCc1cnc(Cl)cc1NC1CCCCC1. The molecule has 24 heavy (non-hydrogen) atoms. The summed E-state index contributed by atoms with van der Waals surface area (Å²) >= 11 is 6.07. The minimum Gasteiger partial charge on any atom is -0.382 e. The first-order valence-corrected chi connectivity index (χ1v) is 8.91. The molecule has 2 aromatic rings. The molecule has 0 unspecified atom stereocenters. The average Bonchev–Trinajstić information content (AvgIpc) is 2.57. The maximum atomic E-state index is 14.0. The predicted octanol–water partition coefficient (Wildman–Crippen LogP) is 5.54. The second-order valence-electron chi connectivity index (χ2n) is 6.43. The van der Waals surface area contributed by atoms with Crippen LogP contribution in [0.4, 0.5) is 15.8 Å². The second-order valence-corrected chi connectivity index (χ2v) is 6.82. The molecule has 0 aliphatic heterocycles. The Morgan fingerprint density at radius 3 is 2.79 bits per heavy atom. The summed E-state index contributed by atoms with van der Waals surface area (Å²) in [4.78, 5) is 4.18. The van der Waals surface area contributed by atoms with Crippen LogP contribution in [0.15, 0.2) is 30.5 Å². The van der Waals surface area contributed by atoms with Crippen molar-refractivity contribution in [3.63, 3.8) is 0 Å². The number of benzene rings is 1. The van der Waals surface area contributed by atoms with Crippen LogP contribution in [0.5, 0.6) is 0 Å². The maximum Gasteiger partial charge on any atom is 0.146 e. The van der Waals surface area contributed by atoms with Crippen molar-refractivity contribution in [2.45, 2.75) is 51.6 Å². The fourth-order valence-electron chi connectivity index (χ4n) is 3.24. The van der Waals surface area contributed by atoms with E-state index in [1.807, 2.05) is 19.1 Å². The van der Waals surface area contributed by atoms with E-state index in [1.54, 1.807) is 12.3 Å². The van der Waals surface area contributed by atoms with Gasteiger partial charge in [-0.25, -0.2) is 9.37 Å². The highest BCUT2D eigenvalue weighted by molar-refractivity contribution is 6.29. The predicted molar refractivity (Wildman–Crippen MR) is 98.2 cm³/mol. The molecule has 0 spiro atoms. The van der Waals surface area contributed by atoms with Gasteiger partial charge in [0.25, 0.3) is 0 Å². The number of pyridine rings is 1. The molecule has 1 aromatic carbocycles. The number of aromatic nitrogens is 1. The van der Waals surface area contributed by atoms with E-state index in [1.165, 1.54) is 38.2 Å². The summed E-state index contributed by atoms with van der Waals surface area (Å²) in [5.74, 6) is -0.237. The van der Waals surface area contributed by atoms with Crippen LogP contribution in [0.2, 0.25) is 5.15 Å². The lowest BCUT2D eigenvalue weighted by Gasteiger charge is -2.25. The molecule has 0 bridgehead atoms. The van der Waals surface area contributed by atoms with Gasteiger partial charge in [0.15, 0.2) is 0 Å². The standard InChI is InChI=1S/C19H23ClFN3/c1-13-6-5-9-16(21)19(13)23-12-14-11-22-18(20)10-17(14)24-15-7-3-2-4-8-15/h5-6,9-11,15,23H,2-4,7-8,12H2,1H3,(H,22,24). The van der Waals surface area contributed by atoms with Crippen molar-refractivity contribution in [3.05, 3.63) is 52.6 Å². The zero-order valence-corrected chi connectivity index (χ0v) is 14.7. The summed E-state index contributed by atoms with van der Waals surface area (Å²) in [5, 5.41) is 7.27. The van der Waals surface area contributed by atoms with Gasteiger partial charge in [0.1, 0.15) is 11.0 Å². The molecule has 1 aliphatic carbocycles. The molecule has 0 atom stereocenters. The molecule has 5 heteroatoms. The number of hydrogen-bond donors (Lipinski definition) is 2. The lowest BCUT2D eigenvalue weighted by molar-refractivity contribution is 0.462. The van der Waals surface area contributed by atoms with Crippen molar-refractivity contribution in [2.75, 3.05) is 10.6 Å². The smallest absolute Gasteiger partial charge is 0.146 e. The number of hydrogen-bond acceptors (Lipinski definition) is 3. The van der Waals surface area contributed by atoms with Crippen LogP contribution in [-0.4, -0.2) is 11.0 Å². The third-order valence-corrected chi connectivity index (χ3v) is 4.80. The van der Waals surface area contributed by atoms with E-state index in [0.717, 1.165) is 16.8 Å². The van der Waals surface area contributed by atoms with E-state index in [0.29, 0.717) is 23.4 Å². The highest BCUT2D eigenvalue weighted by atomic mass is 35.5. The van der Waals surface area contributed by atoms with Crippen LogP contribution >= 0.6 is 11.6 Å². The fourth-order valence-corrected chi connectivity index (χ4v) is 3.40. The molecule has 128 valence electrons. The van der Waals surface area contributed by atoms with Gasteiger partial charge in [-0.05, 0) is 37.5 Å². The van der Waals surface area contributed by atoms with Gasteiger partial charge in [0.2, 0.25) is 0 Å². The van der Waals surface area contributed by atoms with E-state index in [9.17, 15) is 4.39 Å². The van der Waals surface area contributed by atoms with Gasteiger partial charge in [-0.2, -0.15) is 0 Å². The van der Waals surface area contributed by atoms with E-state index in [-0.39, 0.29) is 5.82 Å². The van der Waals surface area contributed by atoms with Gasteiger partial charge in [0, 0.05) is 30.0 Å². The minimum atomic E-state index is -0.237. The molecule has 1 aromatic heterocycles. The summed E-state index contributed by atoms with van der Waals surface area (Å²) in [7, 11) is 0. The van der Waals surface area contributed by atoms with Crippen molar-refractivity contribution in [1.82, 2.24) is 4.98 Å². The molecule has 1 aliphatic rings. The summed E-state index contributed by atoms with van der Waals surface area (Å²) in [6, 6.07) is 7.42. The van der Waals surface area contributed by atoms with E-state index < -0.39 is 0 Å². The third-order valence-electron chi connectivity index (χ3n) is 4.60. The first kappa shape index (κ1) is 17.0. The van der Waals surface area contributed by atoms with Crippen LogP contribution in [-0.2, 0) is 6.54 Å². The summed E-state index contributed by atoms with van der Waals surface area (Å²) in [5.41, 5.74) is 3.41. The maximum absolute atomic E-state index is 14.0. The van der Waals surface area contributed by atoms with Crippen LogP contribution in [0.25, 0.3) is 0 Å². The van der Waals surface area contributed by atoms with Gasteiger partial charge in [-0.3, -0.25) is 0 Å². The zero-order chi connectivity index (χ0) is 16.9. The summed E-state index contributed by atoms with van der Waals surface area (Å²) < 4.78 is 14.0. The van der Waals surface area contributed by atoms with E-state index in [2.05, 4.69) is 15.6 Å². The van der Waals surface area contributed by atoms with Crippen molar-refractivity contribution in [3.8, 4) is 0 Å². The largest absolute Gasteiger partial charge is 0.382 e. The van der Waals surface area contributed by atoms with Gasteiger partial charge in [-0.1, -0.05) is 43.0 Å². The van der Waals surface area contributed by atoms with Gasteiger partial charge >= 0.3 is 0 Å². The highest BCUT2D eigenvalue weighted by Gasteiger charge is 2.15. The monoisotopic (exact) mass is 347 g/mol. The fraction of sp³-hybridized carbons (Fsp3) is 0.421. The minimum absolute atomic E-state index is 0.237. The van der Waals surface area contributed by atoms with Crippen molar-refractivity contribution in [2.24, 2.45) is 0 Å². The first-order valence-electron chi connectivity index (χ1n) is 8.53. The summed E-state index contributed by atoms with van der Waals surface area (Å²) in [6.07, 6.45) is 7.96. The van der Waals surface area contributed by atoms with Crippen LogP contribution in [0, 0.1) is 12.7 Å². The number of nitrogens with zero attached hydrogens (tertiary/aromatic N) is 1. The Kier molecular flexibility index (Phi) is 5.56. The van der Waals surface area contributed by atoms with Crippen LogP contribution < -0.4 is 10.6 Å². The molecule has 0 saturated heterocycles. The van der Waals surface area contributed by atoms with Gasteiger partial charge in [-0.15, -0.1) is 0 Å². The molecule has 1 heterocycles. The molecule has 3 nitrogen and oxygen atoms in total. The van der Waals surface area contributed by atoms with Gasteiger partial charge in [0.05, 0.1) is 5.69 Å². The average molecular weight is 348 g/mol. The zero-order valence-electron chi connectivity index (χ0n) is 13.9. The Labute approximate surface area is 147 Å². The molecule has 0 amide bonds. The van der Waals surface area contributed by atoms with Crippen molar-refractivity contribution in [1.29, 1.82) is 0 Å². The Balaban J connectivity index is 1.75. The number of nitrogens with one attached hydrogen (secondary N) is 2. The number of aryl methyl sites for hydroxylation is 1. The molecular weight excluding hydrogens is 325 g/mol. The Bertz CT molecular complexity index is 679. The lowest BCUT2D eigenvalue weighted by atomic mass is 9.95. The highest BCUT2D eigenvalue weighted by Crippen LogP contribution is 2.27. The topological polar surface area (TPSA) is 37.0 Å². The Morgan fingerprint density at radius 2 is 2.04 bits per heavy atom. The van der Waals surface area contributed by atoms with Gasteiger partial charge < -0.3 is 10.6 Å². The molecule has 0 radical (unpaired) electrons. The van der Waals surface area contributed by atoms with Crippen molar-refractivity contribution >= 4 is 23.0 Å². The Hall–Kier alpha value is -1.81. The first-order chi connectivity index (χ1) is 11.6. The number of rotatable bonds is 5. The lowest BCUT2D eigenvalue weighted by Crippen LogP contribution is -2.23. The molecule has 1 fully saturated rings. The molecule has 2 N–H and O–H groups in total. The quantitative estimate of drug-likeness (QED) is 0.697. The Morgan fingerprint density at radius 1 is 1.25 bits per heavy atom. The van der Waals surface area contributed by atoms with Crippen LogP contribution in [0.1, 0.15) is 43.2 Å². The normalized spacial score (nSPS) is 15.3. The molecule has 1 saturated carbocycles. The van der Waals surface area contributed by atoms with E-state index >= 15 is 0 Å². The summed E-state index contributed by atoms with van der Waals surface area (Å²) in [6.45, 7) is 2.40. The van der Waals surface area contributed by atoms with E-state index in [4.69, 9.17) is 11.6 Å². The number of para-hydroxylation sites is 1. The van der Waals surface area contributed by atoms with Crippen LogP contribution in [0.3, 0.4) is 0 Å². The molecule has 3 rings (SSSR count).